The van der Waals surface area contributed by atoms with Crippen LogP contribution in [0.4, 0.5) is 0 Å². The van der Waals surface area contributed by atoms with Gasteiger partial charge in [0, 0.05) is 0 Å². The average molecular weight is 795 g/mol. The Morgan fingerprint density at radius 2 is 1.41 bits per heavy atom. The number of aliphatic hydroxyl groups excluding tert-OH is 7. The van der Waals surface area contributed by atoms with Crippen LogP contribution < -0.4 is 0 Å². The van der Waals surface area contributed by atoms with Gasteiger partial charge in [0.25, 0.3) is 0 Å². The van der Waals surface area contributed by atoms with E-state index in [1.54, 1.807) is 6.92 Å². The smallest absolute Gasteiger partial charge is 0.315 e. The second-order valence-electron chi connectivity index (χ2n) is 20.5. The van der Waals surface area contributed by atoms with Crippen LogP contribution in [0.15, 0.2) is 11.6 Å². The van der Waals surface area contributed by atoms with Crippen LogP contribution >= 0.6 is 0 Å². The molecule has 0 amide bonds. The zero-order valence-electron chi connectivity index (χ0n) is 34.0. The van der Waals surface area contributed by atoms with E-state index in [-0.39, 0.29) is 41.6 Å². The lowest BCUT2D eigenvalue weighted by atomic mass is 9.33. The minimum atomic E-state index is -1.74. The molecule has 4 saturated carbocycles. The third-order valence-corrected chi connectivity index (χ3v) is 17.0. The molecule has 0 spiro atoms. The highest BCUT2D eigenvalue weighted by atomic mass is 16.7. The summed E-state index contributed by atoms with van der Waals surface area (Å²) in [7, 11) is 0. The highest BCUT2D eigenvalue weighted by molar-refractivity contribution is 5.85. The van der Waals surface area contributed by atoms with E-state index in [0.29, 0.717) is 38.5 Å². The molecule has 318 valence electrons. The van der Waals surface area contributed by atoms with Crippen molar-refractivity contribution in [1.29, 1.82) is 0 Å². The maximum Gasteiger partial charge on any atom is 0.315 e. The highest BCUT2D eigenvalue weighted by Crippen LogP contribution is 2.76. The summed E-state index contributed by atoms with van der Waals surface area (Å²) in [5.74, 6) is -1.85. The number of hydrogen-bond acceptors (Lipinski definition) is 13. The number of ether oxygens (including phenoxy) is 4. The maximum absolute atomic E-state index is 14.6. The van der Waals surface area contributed by atoms with E-state index in [9.17, 15) is 50.4 Å². The largest absolute Gasteiger partial charge is 0.481 e. The van der Waals surface area contributed by atoms with Crippen molar-refractivity contribution in [2.45, 2.75) is 180 Å². The van der Waals surface area contributed by atoms with Crippen LogP contribution in [0.3, 0.4) is 0 Å². The molecule has 0 unspecified atom stereocenters. The zero-order chi connectivity index (χ0) is 41.1. The Morgan fingerprint density at radius 3 is 2.07 bits per heavy atom. The van der Waals surface area contributed by atoms with Crippen molar-refractivity contribution in [2.24, 2.45) is 50.2 Å². The van der Waals surface area contributed by atoms with Crippen molar-refractivity contribution in [3.05, 3.63) is 11.6 Å². The van der Waals surface area contributed by atoms with Gasteiger partial charge in [-0.2, -0.15) is 0 Å². The summed E-state index contributed by atoms with van der Waals surface area (Å²) >= 11 is 0. The van der Waals surface area contributed by atoms with Crippen molar-refractivity contribution in [3.8, 4) is 0 Å². The van der Waals surface area contributed by atoms with Gasteiger partial charge in [0.1, 0.15) is 42.7 Å². The maximum atomic E-state index is 14.6. The monoisotopic (exact) mass is 794 g/mol. The zero-order valence-corrected chi connectivity index (χ0v) is 34.0. The molecule has 0 aromatic rings. The van der Waals surface area contributed by atoms with Crippen LogP contribution in [0.5, 0.6) is 0 Å². The van der Waals surface area contributed by atoms with Gasteiger partial charge in [-0.3, -0.25) is 9.59 Å². The van der Waals surface area contributed by atoms with Crippen LogP contribution in [0.1, 0.15) is 113 Å². The quantitative estimate of drug-likeness (QED) is 0.110. The molecule has 5 aliphatic carbocycles. The summed E-state index contributed by atoms with van der Waals surface area (Å²) in [6.45, 7) is 14.1. The molecule has 2 heterocycles. The Hall–Kier alpha value is -1.72. The molecule has 0 radical (unpaired) electrons. The normalized spacial score (nSPS) is 52.3. The molecule has 0 aromatic carbocycles. The molecule has 14 nitrogen and oxygen atoms in total. The van der Waals surface area contributed by atoms with Crippen LogP contribution in [-0.4, -0.2) is 127 Å². The van der Waals surface area contributed by atoms with E-state index in [4.69, 9.17) is 18.9 Å². The topological polar surface area (TPSA) is 233 Å². The van der Waals surface area contributed by atoms with Gasteiger partial charge in [-0.25, -0.2) is 0 Å². The number of carboxylic acids is 1. The minimum absolute atomic E-state index is 0.00694. The van der Waals surface area contributed by atoms with Crippen molar-refractivity contribution in [3.63, 3.8) is 0 Å². The molecular formula is C42H66O14. The number of carboxylic acid groups (broad SMARTS) is 1. The number of aliphatic carboxylic acids is 1. The van der Waals surface area contributed by atoms with Gasteiger partial charge in [0.2, 0.25) is 6.29 Å². The first-order chi connectivity index (χ1) is 26.0. The second kappa shape index (κ2) is 14.2. The van der Waals surface area contributed by atoms with Crippen LogP contribution in [0.2, 0.25) is 0 Å². The summed E-state index contributed by atoms with van der Waals surface area (Å²) in [6, 6.07) is 0. The first kappa shape index (κ1) is 42.4. The molecule has 7 aliphatic rings. The first-order valence-electron chi connectivity index (χ1n) is 20.8. The lowest BCUT2D eigenvalue weighted by Gasteiger charge is -2.70. The molecule has 14 heteroatoms. The van der Waals surface area contributed by atoms with E-state index in [1.165, 1.54) is 0 Å². The Morgan fingerprint density at radius 1 is 0.768 bits per heavy atom. The summed E-state index contributed by atoms with van der Waals surface area (Å²) in [4.78, 5) is 28.7. The second-order valence-corrected chi connectivity index (χ2v) is 20.5. The van der Waals surface area contributed by atoms with Crippen molar-refractivity contribution >= 4 is 11.9 Å². The number of rotatable bonds is 6. The molecule has 6 fully saturated rings. The van der Waals surface area contributed by atoms with Crippen LogP contribution in [-0.2, 0) is 28.5 Å². The standard InChI is InChI=1S/C42H66O14/c1-20-27(44)29(46)31(48)33(53-20)55-26-11-12-39(6)24(38(26,4)5)10-13-40(7)25(39)9-8-21-22-18-37(2,3)14-15-41(22,16-17-42(21,40)35(50)51)36(52)56-34-32(49)30(47)28(45)23(19-43)54-34/h8,20,22-34,43-49H,9-19H2,1-7H3,(H,50,51)/t20-,22+,23+,24+,25-,26+,27-,28+,29+,30-,31-,32+,33+,34-,39+,40+,41-,42+/m1/s1. The molecule has 56 heavy (non-hydrogen) atoms. The Balaban J connectivity index is 1.20. The SMILES string of the molecule is C[C@H]1O[C@@H](O[C@H]2CC[C@]3(C)[C@H]4CC=C5[C@@H]6CC(C)(C)CC[C@@]6(C(=O)O[C@H]6O[C@@H](CO)[C@H](O)[C@@H](O)[C@@H]6O)CC[C@]5(C(=O)O)[C@@]4(C)CC[C@H]3C2(C)C)[C@H](O)[C@@H](O)[C@@H]1O. The van der Waals surface area contributed by atoms with E-state index < -0.39 is 108 Å². The molecule has 18 atom stereocenters. The van der Waals surface area contributed by atoms with E-state index in [1.807, 2.05) is 0 Å². The van der Waals surface area contributed by atoms with Gasteiger partial charge < -0.3 is 59.8 Å². The van der Waals surface area contributed by atoms with Gasteiger partial charge in [0.05, 0.1) is 29.6 Å². The van der Waals surface area contributed by atoms with Crippen molar-refractivity contribution in [2.75, 3.05) is 6.61 Å². The number of aliphatic hydroxyl groups is 7. The predicted molar refractivity (Wildman–Crippen MR) is 198 cm³/mol. The van der Waals surface area contributed by atoms with E-state index in [0.717, 1.165) is 18.4 Å². The molecular weight excluding hydrogens is 728 g/mol. The Labute approximate surface area is 329 Å². The van der Waals surface area contributed by atoms with Crippen molar-refractivity contribution < 1.29 is 69.4 Å². The fourth-order valence-corrected chi connectivity index (χ4v) is 13.6. The Bertz CT molecular complexity index is 1560. The number of fused-ring (bicyclic) bond motifs is 7. The van der Waals surface area contributed by atoms with E-state index in [2.05, 4.69) is 47.6 Å². The number of esters is 1. The lowest BCUT2D eigenvalue weighted by molar-refractivity contribution is -0.324. The minimum Gasteiger partial charge on any atom is -0.481 e. The Kier molecular flexibility index (Phi) is 10.8. The first-order valence-corrected chi connectivity index (χ1v) is 20.8. The number of allylic oxidation sites excluding steroid dienone is 1. The predicted octanol–water partition coefficient (Wildman–Crippen LogP) is 2.41. The van der Waals surface area contributed by atoms with Gasteiger partial charge in [0.15, 0.2) is 6.29 Å². The molecule has 0 bridgehead atoms. The fraction of sp³-hybridized carbons (Fsp3) is 0.905. The molecule has 7 rings (SSSR count). The summed E-state index contributed by atoms with van der Waals surface area (Å²) < 4.78 is 23.8. The molecule has 8 N–H and O–H groups in total. The number of hydrogen-bond donors (Lipinski definition) is 8. The number of carbonyl (C=O) groups excluding carboxylic acids is 1. The van der Waals surface area contributed by atoms with Crippen LogP contribution in [0, 0.1) is 50.2 Å². The fourth-order valence-electron chi connectivity index (χ4n) is 13.6. The summed E-state index contributed by atoms with van der Waals surface area (Å²) in [6.07, 6.45) is -6.40. The molecule has 2 aliphatic heterocycles. The van der Waals surface area contributed by atoms with E-state index >= 15 is 0 Å². The highest BCUT2D eigenvalue weighted by Gasteiger charge is 2.73. The number of carbonyl (C=O) groups is 2. The third-order valence-electron chi connectivity index (χ3n) is 17.0. The van der Waals surface area contributed by atoms with Crippen LogP contribution in [0.25, 0.3) is 0 Å². The average Bonchev–Trinajstić information content (AvgIpc) is 3.13. The van der Waals surface area contributed by atoms with Gasteiger partial charge in [-0.1, -0.05) is 53.2 Å². The molecule has 0 aromatic heterocycles. The van der Waals surface area contributed by atoms with Crippen molar-refractivity contribution in [1.82, 2.24) is 0 Å². The lowest BCUT2D eigenvalue weighted by Crippen LogP contribution is -2.68. The third kappa shape index (κ3) is 6.01. The van der Waals surface area contributed by atoms with Gasteiger partial charge in [-0.05, 0) is 111 Å². The summed E-state index contributed by atoms with van der Waals surface area (Å²) in [5, 5.41) is 84.4. The van der Waals surface area contributed by atoms with Gasteiger partial charge >= 0.3 is 11.9 Å². The van der Waals surface area contributed by atoms with Gasteiger partial charge in [-0.15, -0.1) is 0 Å². The molecule has 2 saturated heterocycles. The summed E-state index contributed by atoms with van der Waals surface area (Å²) in [5.41, 5.74) is -3.13.